The molecule has 1 heterocycles. The van der Waals surface area contributed by atoms with Crippen molar-refractivity contribution in [3.8, 4) is 0 Å². The van der Waals surface area contributed by atoms with Crippen LogP contribution in [0.3, 0.4) is 0 Å². The van der Waals surface area contributed by atoms with Crippen LogP contribution in [0.15, 0.2) is 42.1 Å². The zero-order valence-corrected chi connectivity index (χ0v) is 26.5. The van der Waals surface area contributed by atoms with Gasteiger partial charge in [-0.25, -0.2) is 4.79 Å². The molecule has 0 aliphatic rings. The maximum absolute atomic E-state index is 14.0. The third-order valence-electron chi connectivity index (χ3n) is 7.76. The lowest BCUT2D eigenvalue weighted by molar-refractivity contribution is -0.141. The minimum atomic E-state index is -0.790. The summed E-state index contributed by atoms with van der Waals surface area (Å²) in [4.78, 5) is 41.8. The van der Waals surface area contributed by atoms with Crippen LogP contribution in [0.1, 0.15) is 67.9 Å². The van der Waals surface area contributed by atoms with E-state index in [0.717, 1.165) is 16.5 Å². The largest absolute Gasteiger partial charge is 0.463 e. The van der Waals surface area contributed by atoms with Crippen LogP contribution in [-0.4, -0.2) is 66.1 Å². The van der Waals surface area contributed by atoms with E-state index in [1.165, 1.54) is 0 Å². The second-order valence-corrected chi connectivity index (χ2v) is 12.7. The fraction of sp³-hybridized carbons (Fsp3) is 0.594. The maximum atomic E-state index is 14.0. The van der Waals surface area contributed by atoms with Gasteiger partial charge in [0.15, 0.2) is 0 Å². The molecule has 1 aromatic heterocycles. The molecule has 222 valence electrons. The van der Waals surface area contributed by atoms with Crippen molar-refractivity contribution in [2.24, 2.45) is 18.4 Å². The van der Waals surface area contributed by atoms with Crippen molar-refractivity contribution in [1.82, 2.24) is 20.1 Å². The first-order valence-corrected chi connectivity index (χ1v) is 14.1. The molecule has 0 aliphatic carbocycles. The number of nitrogens with one attached hydrogen (secondary N) is 2. The number of benzene rings is 1. The number of esters is 1. The van der Waals surface area contributed by atoms with Gasteiger partial charge in [0, 0.05) is 42.2 Å². The Hall–Kier alpha value is -3.13. The van der Waals surface area contributed by atoms with Gasteiger partial charge < -0.3 is 24.8 Å². The highest BCUT2D eigenvalue weighted by Crippen LogP contribution is 2.35. The molecule has 0 spiro atoms. The van der Waals surface area contributed by atoms with Crippen molar-refractivity contribution in [3.63, 3.8) is 0 Å². The second-order valence-electron chi connectivity index (χ2n) is 12.7. The Balaban J connectivity index is 2.41. The number of carbonyl (C=O) groups is 3. The Kier molecular flexibility index (Phi) is 10.8. The molecule has 2 rings (SSSR count). The third-order valence-corrected chi connectivity index (χ3v) is 7.76. The van der Waals surface area contributed by atoms with E-state index in [0.29, 0.717) is 5.57 Å². The molecule has 40 heavy (non-hydrogen) atoms. The number of amides is 2. The predicted molar refractivity (Wildman–Crippen MR) is 162 cm³/mol. The Morgan fingerprint density at radius 1 is 1.07 bits per heavy atom. The minimum Gasteiger partial charge on any atom is -0.463 e. The third kappa shape index (κ3) is 7.14. The van der Waals surface area contributed by atoms with Gasteiger partial charge in [-0.1, -0.05) is 72.7 Å². The Bertz CT molecular complexity index is 1240. The average Bonchev–Trinajstić information content (AvgIpc) is 3.21. The first-order chi connectivity index (χ1) is 18.5. The summed E-state index contributed by atoms with van der Waals surface area (Å²) in [6.45, 7) is 17.7. The quantitative estimate of drug-likeness (QED) is 0.314. The molecule has 0 fully saturated rings. The summed E-state index contributed by atoms with van der Waals surface area (Å²) in [6, 6.07) is 6.40. The summed E-state index contributed by atoms with van der Waals surface area (Å²) in [7, 11) is 5.50. The van der Waals surface area contributed by atoms with Gasteiger partial charge >= 0.3 is 5.97 Å². The number of hydrogen-bond acceptors (Lipinski definition) is 5. The number of aromatic nitrogens is 1. The standard InChI is InChI=1S/C32H50N4O4/c1-13-40-30(39)21(4)18-25(20(2)3)36(12)29(38)27(31(5,6)7)34-28(37)26(33-10)32(8,9)23-19-35(11)24-17-15-14-16-22(23)24/h14-20,25-27,33H,13H2,1-12H3,(H,34,37)/b21-18+/t25-,26-,27-/m1/s1. The highest BCUT2D eigenvalue weighted by atomic mass is 16.5. The van der Waals surface area contributed by atoms with Gasteiger partial charge in [-0.2, -0.15) is 0 Å². The molecule has 0 saturated heterocycles. The zero-order valence-electron chi connectivity index (χ0n) is 26.5. The van der Waals surface area contributed by atoms with Gasteiger partial charge in [0.25, 0.3) is 0 Å². The van der Waals surface area contributed by atoms with Crippen LogP contribution >= 0.6 is 0 Å². The van der Waals surface area contributed by atoms with Gasteiger partial charge in [-0.05, 0) is 43.9 Å². The molecular formula is C32H50N4O4. The summed E-state index contributed by atoms with van der Waals surface area (Å²) in [5.74, 6) is -0.834. The molecule has 8 nitrogen and oxygen atoms in total. The predicted octanol–water partition coefficient (Wildman–Crippen LogP) is 4.57. The number of aryl methyl sites for hydroxylation is 1. The summed E-state index contributed by atoms with van der Waals surface area (Å²) in [6.07, 6.45) is 3.86. The van der Waals surface area contributed by atoms with Gasteiger partial charge in [-0.3, -0.25) is 9.59 Å². The number of hydrogen-bond donors (Lipinski definition) is 2. The first kappa shape index (κ1) is 33.1. The van der Waals surface area contributed by atoms with Gasteiger partial charge in [-0.15, -0.1) is 0 Å². The van der Waals surface area contributed by atoms with Crippen LogP contribution < -0.4 is 10.6 Å². The molecular weight excluding hydrogens is 504 g/mol. The molecule has 0 radical (unpaired) electrons. The molecule has 0 unspecified atom stereocenters. The lowest BCUT2D eigenvalue weighted by atomic mass is 9.76. The summed E-state index contributed by atoms with van der Waals surface area (Å²) in [5.41, 5.74) is 1.44. The van der Waals surface area contributed by atoms with Crippen LogP contribution in [0.5, 0.6) is 0 Å². The number of fused-ring (bicyclic) bond motifs is 1. The van der Waals surface area contributed by atoms with Crippen molar-refractivity contribution in [3.05, 3.63) is 47.7 Å². The minimum absolute atomic E-state index is 0.0324. The SMILES string of the molecule is CCOC(=O)/C(C)=C/[C@H](C(C)C)N(C)C(=O)[C@@H](NC(=O)[C@@H](NC)C(C)(C)c1cn(C)c2ccccc12)C(C)(C)C. The second kappa shape index (κ2) is 13.0. The normalized spacial score (nSPS) is 15.1. The maximum Gasteiger partial charge on any atom is 0.333 e. The first-order valence-electron chi connectivity index (χ1n) is 14.1. The highest BCUT2D eigenvalue weighted by Gasteiger charge is 2.42. The number of para-hydroxylation sites is 1. The van der Waals surface area contributed by atoms with Crippen molar-refractivity contribution in [1.29, 1.82) is 0 Å². The molecule has 2 amide bonds. The van der Waals surface area contributed by atoms with Crippen molar-refractivity contribution < 1.29 is 19.1 Å². The van der Waals surface area contributed by atoms with Crippen LogP contribution in [0.4, 0.5) is 0 Å². The van der Waals surface area contributed by atoms with Gasteiger partial charge in [0.05, 0.1) is 18.7 Å². The topological polar surface area (TPSA) is 92.7 Å². The van der Waals surface area contributed by atoms with E-state index >= 15 is 0 Å². The van der Waals surface area contributed by atoms with E-state index in [1.807, 2.05) is 67.6 Å². The smallest absolute Gasteiger partial charge is 0.333 e. The van der Waals surface area contributed by atoms with Crippen LogP contribution in [-0.2, 0) is 31.6 Å². The van der Waals surface area contributed by atoms with Crippen molar-refractivity contribution in [2.45, 2.75) is 85.9 Å². The molecule has 2 aromatic rings. The van der Waals surface area contributed by atoms with Crippen molar-refractivity contribution in [2.75, 3.05) is 20.7 Å². The molecule has 0 aliphatic heterocycles. The Morgan fingerprint density at radius 3 is 2.20 bits per heavy atom. The molecule has 0 saturated carbocycles. The van der Waals surface area contributed by atoms with E-state index in [4.69, 9.17) is 4.74 Å². The fourth-order valence-corrected chi connectivity index (χ4v) is 5.38. The number of likely N-dealkylation sites (N-methyl/N-ethyl adjacent to an activating group) is 2. The molecule has 1 aromatic carbocycles. The molecule has 3 atom stereocenters. The summed E-state index contributed by atoms with van der Waals surface area (Å²) >= 11 is 0. The molecule has 2 N–H and O–H groups in total. The Morgan fingerprint density at radius 2 is 1.68 bits per heavy atom. The number of ether oxygens (including phenoxy) is 1. The molecule has 8 heteroatoms. The number of carbonyl (C=O) groups excluding carboxylic acids is 3. The van der Waals surface area contributed by atoms with Crippen LogP contribution in [0.2, 0.25) is 0 Å². The van der Waals surface area contributed by atoms with E-state index in [1.54, 1.807) is 38.9 Å². The Labute approximate surface area is 240 Å². The summed E-state index contributed by atoms with van der Waals surface area (Å²) < 4.78 is 7.21. The van der Waals surface area contributed by atoms with Gasteiger partial charge in [0.2, 0.25) is 11.8 Å². The van der Waals surface area contributed by atoms with Crippen LogP contribution in [0.25, 0.3) is 10.9 Å². The van der Waals surface area contributed by atoms with E-state index in [9.17, 15) is 14.4 Å². The monoisotopic (exact) mass is 554 g/mol. The fourth-order valence-electron chi connectivity index (χ4n) is 5.38. The average molecular weight is 555 g/mol. The summed E-state index contributed by atoms with van der Waals surface area (Å²) in [5, 5.41) is 7.41. The highest BCUT2D eigenvalue weighted by molar-refractivity contribution is 5.93. The number of nitrogens with zero attached hydrogens (tertiary/aromatic N) is 2. The zero-order chi connectivity index (χ0) is 30.6. The van der Waals surface area contributed by atoms with Gasteiger partial charge in [0.1, 0.15) is 6.04 Å². The lowest BCUT2D eigenvalue weighted by Gasteiger charge is -2.39. The molecule has 0 bridgehead atoms. The lowest BCUT2D eigenvalue weighted by Crippen LogP contribution is -2.61. The van der Waals surface area contributed by atoms with Crippen molar-refractivity contribution >= 4 is 28.7 Å². The van der Waals surface area contributed by atoms with E-state index in [2.05, 4.69) is 33.5 Å². The van der Waals surface area contributed by atoms with E-state index in [-0.39, 0.29) is 30.4 Å². The van der Waals surface area contributed by atoms with E-state index < -0.39 is 28.9 Å². The number of rotatable bonds is 11. The van der Waals surface area contributed by atoms with Crippen LogP contribution in [0, 0.1) is 11.3 Å².